The zero-order chi connectivity index (χ0) is 14.5. The molecule has 1 fully saturated rings. The summed E-state index contributed by atoms with van der Waals surface area (Å²) in [4.78, 5) is 23.5. The molecular formula is C16H22N2O2. The first-order chi connectivity index (χ1) is 9.58. The molecule has 108 valence electrons. The van der Waals surface area contributed by atoms with Gasteiger partial charge in [-0.3, -0.25) is 9.59 Å². The molecule has 1 heterocycles. The highest BCUT2D eigenvalue weighted by molar-refractivity contribution is 5.83. The van der Waals surface area contributed by atoms with E-state index in [1.165, 1.54) is 0 Å². The van der Waals surface area contributed by atoms with Crippen molar-refractivity contribution in [2.24, 2.45) is 11.8 Å². The molecule has 1 aliphatic rings. The number of carbonyl (C=O) groups excluding carboxylic acids is 2. The van der Waals surface area contributed by atoms with Crippen molar-refractivity contribution in [2.75, 3.05) is 6.54 Å². The lowest BCUT2D eigenvalue weighted by Gasteiger charge is -2.27. The van der Waals surface area contributed by atoms with Crippen LogP contribution in [0.3, 0.4) is 0 Å². The van der Waals surface area contributed by atoms with E-state index in [4.69, 9.17) is 0 Å². The third kappa shape index (κ3) is 3.59. The highest BCUT2D eigenvalue weighted by Crippen LogP contribution is 2.22. The summed E-state index contributed by atoms with van der Waals surface area (Å²) < 4.78 is 0. The van der Waals surface area contributed by atoms with E-state index in [1.807, 2.05) is 30.3 Å². The molecule has 0 bridgehead atoms. The van der Waals surface area contributed by atoms with Gasteiger partial charge < -0.3 is 10.6 Å². The average Bonchev–Trinajstić information content (AvgIpc) is 2.46. The molecule has 1 aliphatic heterocycles. The molecule has 0 aromatic heterocycles. The van der Waals surface area contributed by atoms with Gasteiger partial charge in [-0.15, -0.1) is 0 Å². The van der Waals surface area contributed by atoms with Crippen LogP contribution in [0.1, 0.15) is 38.3 Å². The first kappa shape index (κ1) is 14.6. The van der Waals surface area contributed by atoms with Gasteiger partial charge in [0.25, 0.3) is 0 Å². The molecule has 20 heavy (non-hydrogen) atoms. The highest BCUT2D eigenvalue weighted by Gasteiger charge is 2.27. The van der Waals surface area contributed by atoms with E-state index in [9.17, 15) is 9.59 Å². The van der Waals surface area contributed by atoms with Crippen LogP contribution >= 0.6 is 0 Å². The quantitative estimate of drug-likeness (QED) is 0.882. The summed E-state index contributed by atoms with van der Waals surface area (Å²) in [6.45, 7) is 4.64. The Morgan fingerprint density at radius 3 is 2.55 bits per heavy atom. The molecule has 0 radical (unpaired) electrons. The lowest BCUT2D eigenvalue weighted by Crippen LogP contribution is -2.44. The fourth-order valence-electron chi connectivity index (χ4n) is 2.52. The van der Waals surface area contributed by atoms with Crippen molar-refractivity contribution in [2.45, 2.75) is 32.7 Å². The fraction of sp³-hybridized carbons (Fsp3) is 0.500. The second kappa shape index (κ2) is 6.55. The van der Waals surface area contributed by atoms with Crippen LogP contribution in [0.4, 0.5) is 0 Å². The number of benzene rings is 1. The highest BCUT2D eigenvalue weighted by atomic mass is 16.2. The first-order valence-electron chi connectivity index (χ1n) is 7.20. The summed E-state index contributed by atoms with van der Waals surface area (Å²) in [6, 6.07) is 10.0. The van der Waals surface area contributed by atoms with Crippen LogP contribution in [0.25, 0.3) is 0 Å². The lowest BCUT2D eigenvalue weighted by molar-refractivity contribution is -0.129. The van der Waals surface area contributed by atoms with Gasteiger partial charge in [-0.25, -0.2) is 0 Å². The smallest absolute Gasteiger partial charge is 0.225 e. The van der Waals surface area contributed by atoms with E-state index in [0.29, 0.717) is 25.3 Å². The lowest BCUT2D eigenvalue weighted by atomic mass is 9.93. The first-order valence-corrected chi connectivity index (χ1v) is 7.20. The Balaban J connectivity index is 2.02. The van der Waals surface area contributed by atoms with Gasteiger partial charge in [-0.2, -0.15) is 0 Å². The van der Waals surface area contributed by atoms with Gasteiger partial charge in [-0.05, 0) is 17.9 Å². The fourth-order valence-corrected chi connectivity index (χ4v) is 2.52. The van der Waals surface area contributed by atoms with Gasteiger partial charge in [0.2, 0.25) is 11.8 Å². The topological polar surface area (TPSA) is 58.2 Å². The summed E-state index contributed by atoms with van der Waals surface area (Å²) in [7, 11) is 0. The molecule has 1 aromatic rings. The van der Waals surface area contributed by atoms with Crippen LogP contribution in [0.5, 0.6) is 0 Å². The van der Waals surface area contributed by atoms with Gasteiger partial charge in [0.1, 0.15) is 0 Å². The molecule has 2 atom stereocenters. The second-order valence-corrected chi connectivity index (χ2v) is 5.68. The molecule has 1 aromatic carbocycles. The number of hydrogen-bond donors (Lipinski definition) is 2. The van der Waals surface area contributed by atoms with Crippen molar-refractivity contribution in [3.8, 4) is 0 Å². The van der Waals surface area contributed by atoms with Crippen LogP contribution in [0.15, 0.2) is 30.3 Å². The number of rotatable bonds is 4. The minimum atomic E-state index is -0.113. The Hall–Kier alpha value is -1.84. The van der Waals surface area contributed by atoms with Crippen molar-refractivity contribution < 1.29 is 9.59 Å². The van der Waals surface area contributed by atoms with Gasteiger partial charge in [-0.1, -0.05) is 44.2 Å². The van der Waals surface area contributed by atoms with Crippen LogP contribution in [-0.4, -0.2) is 18.4 Å². The van der Waals surface area contributed by atoms with E-state index in [0.717, 1.165) is 5.56 Å². The second-order valence-electron chi connectivity index (χ2n) is 5.68. The Labute approximate surface area is 119 Å². The number of piperidine rings is 1. The standard InChI is InChI=1S/C16H22N2O2/c1-11(2)15(12-6-4-3-5-7-12)18-16(20)13-8-9-14(19)17-10-13/h3-7,11,13,15H,8-10H2,1-2H3,(H,17,19)(H,18,20). The van der Waals surface area contributed by atoms with Gasteiger partial charge in [0.15, 0.2) is 0 Å². The number of nitrogens with one attached hydrogen (secondary N) is 2. The zero-order valence-electron chi connectivity index (χ0n) is 12.1. The Bertz CT molecular complexity index is 461. The third-order valence-corrected chi connectivity index (χ3v) is 3.76. The van der Waals surface area contributed by atoms with Crippen molar-refractivity contribution in [3.05, 3.63) is 35.9 Å². The maximum atomic E-state index is 12.3. The zero-order valence-corrected chi connectivity index (χ0v) is 12.1. The SMILES string of the molecule is CC(C)C(NC(=O)C1CCC(=O)NC1)c1ccccc1. The van der Waals surface area contributed by atoms with E-state index < -0.39 is 0 Å². The van der Waals surface area contributed by atoms with Gasteiger partial charge in [0, 0.05) is 13.0 Å². The van der Waals surface area contributed by atoms with Crippen molar-refractivity contribution in [1.82, 2.24) is 10.6 Å². The Morgan fingerprint density at radius 1 is 1.30 bits per heavy atom. The predicted molar refractivity (Wildman–Crippen MR) is 77.9 cm³/mol. The summed E-state index contributed by atoms with van der Waals surface area (Å²) in [5.41, 5.74) is 1.12. The summed E-state index contributed by atoms with van der Waals surface area (Å²) in [6.07, 6.45) is 1.08. The molecule has 0 spiro atoms. The molecule has 4 nitrogen and oxygen atoms in total. The Morgan fingerprint density at radius 2 is 2.00 bits per heavy atom. The van der Waals surface area contributed by atoms with Crippen LogP contribution < -0.4 is 10.6 Å². The largest absolute Gasteiger partial charge is 0.355 e. The summed E-state index contributed by atoms with van der Waals surface area (Å²) >= 11 is 0. The van der Waals surface area contributed by atoms with Gasteiger partial charge in [0.05, 0.1) is 12.0 Å². The van der Waals surface area contributed by atoms with Crippen LogP contribution in [0.2, 0.25) is 0 Å². The number of carbonyl (C=O) groups is 2. The van der Waals surface area contributed by atoms with Gasteiger partial charge >= 0.3 is 0 Å². The maximum Gasteiger partial charge on any atom is 0.225 e. The van der Waals surface area contributed by atoms with Crippen LogP contribution in [0, 0.1) is 11.8 Å². The Kier molecular flexibility index (Phi) is 4.77. The van der Waals surface area contributed by atoms with Crippen molar-refractivity contribution in [1.29, 1.82) is 0 Å². The predicted octanol–water partition coefficient (Wildman–Crippen LogP) is 2.03. The molecule has 2 unspecified atom stereocenters. The normalized spacial score (nSPS) is 20.4. The molecular weight excluding hydrogens is 252 g/mol. The molecule has 4 heteroatoms. The maximum absolute atomic E-state index is 12.3. The van der Waals surface area contributed by atoms with Crippen LogP contribution in [-0.2, 0) is 9.59 Å². The molecule has 2 N–H and O–H groups in total. The van der Waals surface area contributed by atoms with E-state index in [-0.39, 0.29) is 23.8 Å². The monoisotopic (exact) mass is 274 g/mol. The van der Waals surface area contributed by atoms with Crippen molar-refractivity contribution >= 4 is 11.8 Å². The molecule has 2 amide bonds. The van der Waals surface area contributed by atoms with E-state index in [2.05, 4.69) is 24.5 Å². The molecule has 2 rings (SSSR count). The molecule has 1 saturated heterocycles. The third-order valence-electron chi connectivity index (χ3n) is 3.76. The van der Waals surface area contributed by atoms with E-state index in [1.54, 1.807) is 0 Å². The number of amides is 2. The summed E-state index contributed by atoms with van der Waals surface area (Å²) in [5.74, 6) is 0.280. The minimum Gasteiger partial charge on any atom is -0.355 e. The van der Waals surface area contributed by atoms with E-state index >= 15 is 0 Å². The molecule has 0 aliphatic carbocycles. The minimum absolute atomic E-state index is 0.0151. The molecule has 0 saturated carbocycles. The number of hydrogen-bond acceptors (Lipinski definition) is 2. The summed E-state index contributed by atoms with van der Waals surface area (Å²) in [5, 5.41) is 5.88. The average molecular weight is 274 g/mol. The van der Waals surface area contributed by atoms with Crippen molar-refractivity contribution in [3.63, 3.8) is 0 Å².